The number of aliphatic carboxylic acids is 1. The van der Waals surface area contributed by atoms with Crippen molar-refractivity contribution in [2.24, 2.45) is 17.3 Å². The van der Waals surface area contributed by atoms with Crippen LogP contribution in [0.25, 0.3) is 0 Å². The van der Waals surface area contributed by atoms with Crippen molar-refractivity contribution in [3.05, 3.63) is 0 Å². The molecule has 0 aromatic carbocycles. The lowest BCUT2D eigenvalue weighted by Gasteiger charge is -2.38. The van der Waals surface area contributed by atoms with Crippen LogP contribution in [0.2, 0.25) is 0 Å². The van der Waals surface area contributed by atoms with Crippen molar-refractivity contribution in [1.29, 1.82) is 0 Å². The number of likely N-dealkylation sites (tertiary alicyclic amines) is 1. The van der Waals surface area contributed by atoms with Crippen LogP contribution in [-0.4, -0.2) is 35.1 Å². The number of rotatable bonds is 2. The molecule has 2 atom stereocenters. The third-order valence-electron chi connectivity index (χ3n) is 4.78. The molecule has 1 aliphatic carbocycles. The normalized spacial score (nSPS) is 35.0. The zero-order valence-corrected chi connectivity index (χ0v) is 11.3. The Morgan fingerprint density at radius 1 is 1.24 bits per heavy atom. The summed E-state index contributed by atoms with van der Waals surface area (Å²) in [6, 6.07) is 0.634. The average Bonchev–Trinajstić information content (AvgIpc) is 2.60. The molecule has 0 bridgehead atoms. The van der Waals surface area contributed by atoms with Crippen LogP contribution in [0, 0.1) is 17.3 Å². The zero-order chi connectivity index (χ0) is 12.6. The fraction of sp³-hybridized carbons (Fsp3) is 0.929. The van der Waals surface area contributed by atoms with Crippen LogP contribution in [-0.2, 0) is 4.79 Å². The van der Waals surface area contributed by atoms with Gasteiger partial charge in [-0.2, -0.15) is 0 Å². The van der Waals surface area contributed by atoms with E-state index in [1.54, 1.807) is 0 Å². The highest BCUT2D eigenvalue weighted by Gasteiger charge is 2.39. The molecule has 0 radical (unpaired) electrons. The third kappa shape index (κ3) is 2.82. The van der Waals surface area contributed by atoms with Gasteiger partial charge < -0.3 is 5.11 Å². The van der Waals surface area contributed by atoms with E-state index >= 15 is 0 Å². The largest absolute Gasteiger partial charge is 0.481 e. The number of hydrogen-bond acceptors (Lipinski definition) is 2. The van der Waals surface area contributed by atoms with E-state index in [4.69, 9.17) is 5.11 Å². The van der Waals surface area contributed by atoms with Crippen molar-refractivity contribution in [1.82, 2.24) is 4.90 Å². The Balaban J connectivity index is 1.91. The molecule has 1 aliphatic heterocycles. The summed E-state index contributed by atoms with van der Waals surface area (Å²) in [6.07, 6.45) is 5.04. The highest BCUT2D eigenvalue weighted by atomic mass is 16.4. The predicted molar refractivity (Wildman–Crippen MR) is 67.9 cm³/mol. The molecule has 2 aliphatic rings. The van der Waals surface area contributed by atoms with Gasteiger partial charge in [0, 0.05) is 19.1 Å². The van der Waals surface area contributed by atoms with Gasteiger partial charge in [-0.25, -0.2) is 0 Å². The second-order valence-corrected chi connectivity index (χ2v) is 6.77. The molecule has 98 valence electrons. The summed E-state index contributed by atoms with van der Waals surface area (Å²) in [6.45, 7) is 8.50. The van der Waals surface area contributed by atoms with Crippen LogP contribution in [0.3, 0.4) is 0 Å². The molecular weight excluding hydrogens is 214 g/mol. The first-order chi connectivity index (χ1) is 7.89. The highest BCUT2D eigenvalue weighted by Crippen LogP contribution is 2.38. The molecule has 0 spiro atoms. The maximum absolute atomic E-state index is 11.1. The van der Waals surface area contributed by atoms with Crippen LogP contribution in [0.5, 0.6) is 0 Å². The predicted octanol–water partition coefficient (Wildman–Crippen LogP) is 2.61. The monoisotopic (exact) mass is 239 g/mol. The highest BCUT2D eigenvalue weighted by molar-refractivity contribution is 5.71. The number of nitrogens with zero attached hydrogens (tertiary/aromatic N) is 1. The lowest BCUT2D eigenvalue weighted by Crippen LogP contribution is -2.38. The molecule has 0 aromatic heterocycles. The molecule has 1 heterocycles. The maximum atomic E-state index is 11.1. The van der Waals surface area contributed by atoms with Gasteiger partial charge in [-0.1, -0.05) is 20.8 Å². The van der Waals surface area contributed by atoms with Crippen LogP contribution < -0.4 is 0 Å². The zero-order valence-electron chi connectivity index (χ0n) is 11.3. The lowest BCUT2D eigenvalue weighted by molar-refractivity contribution is -0.142. The first-order valence-electron chi connectivity index (χ1n) is 6.86. The number of carbonyl (C=O) groups is 1. The van der Waals surface area contributed by atoms with Crippen molar-refractivity contribution in [3.8, 4) is 0 Å². The molecule has 1 saturated carbocycles. The molecule has 1 N–H and O–H groups in total. The van der Waals surface area contributed by atoms with Crippen molar-refractivity contribution in [2.75, 3.05) is 13.1 Å². The van der Waals surface area contributed by atoms with Crippen molar-refractivity contribution >= 4 is 5.97 Å². The van der Waals surface area contributed by atoms with Gasteiger partial charge in [-0.05, 0) is 37.0 Å². The van der Waals surface area contributed by atoms with Gasteiger partial charge in [0.1, 0.15) is 0 Å². The molecule has 0 aromatic rings. The summed E-state index contributed by atoms with van der Waals surface area (Å²) < 4.78 is 0. The van der Waals surface area contributed by atoms with Crippen molar-refractivity contribution in [3.63, 3.8) is 0 Å². The summed E-state index contributed by atoms with van der Waals surface area (Å²) in [7, 11) is 0. The van der Waals surface area contributed by atoms with E-state index in [1.165, 1.54) is 25.7 Å². The van der Waals surface area contributed by atoms with Gasteiger partial charge in [0.25, 0.3) is 0 Å². The summed E-state index contributed by atoms with van der Waals surface area (Å²) >= 11 is 0. The molecule has 3 heteroatoms. The van der Waals surface area contributed by atoms with Crippen LogP contribution in [0.4, 0.5) is 0 Å². The van der Waals surface area contributed by atoms with Gasteiger partial charge in [0.15, 0.2) is 0 Å². The van der Waals surface area contributed by atoms with Gasteiger partial charge in [-0.3, -0.25) is 9.69 Å². The average molecular weight is 239 g/mol. The number of carboxylic acid groups (broad SMARTS) is 1. The van der Waals surface area contributed by atoms with E-state index < -0.39 is 5.97 Å². The SMILES string of the molecule is C[C@@H]1CN(C2CCC(C)(C)CC2)C[C@H]1C(=O)O. The van der Waals surface area contributed by atoms with Crippen LogP contribution >= 0.6 is 0 Å². The Labute approximate surface area is 104 Å². The first kappa shape index (κ1) is 12.9. The Kier molecular flexibility index (Phi) is 3.48. The minimum Gasteiger partial charge on any atom is -0.481 e. The molecule has 17 heavy (non-hydrogen) atoms. The standard InChI is InChI=1S/C14H25NO2/c1-10-8-15(9-12(10)13(16)17)11-4-6-14(2,3)7-5-11/h10-12H,4-9H2,1-3H3,(H,16,17)/t10-,12-/m1/s1. The van der Waals surface area contributed by atoms with E-state index in [1.807, 2.05) is 0 Å². The maximum Gasteiger partial charge on any atom is 0.308 e. The Bertz CT molecular complexity index is 291. The second kappa shape index (κ2) is 4.60. The van der Waals surface area contributed by atoms with E-state index in [-0.39, 0.29) is 5.92 Å². The van der Waals surface area contributed by atoms with Crippen molar-refractivity contribution < 1.29 is 9.90 Å². The van der Waals surface area contributed by atoms with Gasteiger partial charge in [0.05, 0.1) is 5.92 Å². The fourth-order valence-electron chi connectivity index (χ4n) is 3.37. The lowest BCUT2D eigenvalue weighted by atomic mass is 9.75. The number of hydrogen-bond donors (Lipinski definition) is 1. The van der Waals surface area contributed by atoms with E-state index in [0.29, 0.717) is 17.4 Å². The van der Waals surface area contributed by atoms with Gasteiger partial charge in [-0.15, -0.1) is 0 Å². The minimum atomic E-state index is -0.615. The topological polar surface area (TPSA) is 40.5 Å². The van der Waals surface area contributed by atoms with E-state index in [2.05, 4.69) is 25.7 Å². The number of carboxylic acids is 1. The van der Waals surface area contributed by atoms with Gasteiger partial charge >= 0.3 is 5.97 Å². The minimum absolute atomic E-state index is 0.148. The molecule has 0 unspecified atom stereocenters. The molecule has 1 saturated heterocycles. The Morgan fingerprint density at radius 2 is 1.82 bits per heavy atom. The van der Waals surface area contributed by atoms with Crippen molar-refractivity contribution in [2.45, 2.75) is 52.5 Å². The summed E-state index contributed by atoms with van der Waals surface area (Å²) in [5, 5.41) is 9.16. The van der Waals surface area contributed by atoms with E-state index in [9.17, 15) is 4.79 Å². The summed E-state index contributed by atoms with van der Waals surface area (Å²) in [4.78, 5) is 13.5. The smallest absolute Gasteiger partial charge is 0.308 e. The van der Waals surface area contributed by atoms with E-state index in [0.717, 1.165) is 13.1 Å². The van der Waals surface area contributed by atoms with Crippen LogP contribution in [0.15, 0.2) is 0 Å². The Morgan fingerprint density at radius 3 is 2.29 bits per heavy atom. The third-order valence-corrected chi connectivity index (χ3v) is 4.78. The first-order valence-corrected chi connectivity index (χ1v) is 6.86. The molecule has 0 amide bonds. The summed E-state index contributed by atoms with van der Waals surface area (Å²) in [5.74, 6) is -0.455. The molecule has 2 fully saturated rings. The Hall–Kier alpha value is -0.570. The van der Waals surface area contributed by atoms with Gasteiger partial charge in [0.2, 0.25) is 0 Å². The molecular formula is C14H25NO2. The fourth-order valence-corrected chi connectivity index (χ4v) is 3.37. The quantitative estimate of drug-likeness (QED) is 0.805. The second-order valence-electron chi connectivity index (χ2n) is 6.77. The van der Waals surface area contributed by atoms with Crippen LogP contribution in [0.1, 0.15) is 46.5 Å². The summed E-state index contributed by atoms with van der Waals surface area (Å²) in [5.41, 5.74) is 0.494. The molecule has 2 rings (SSSR count). The molecule has 3 nitrogen and oxygen atoms in total.